The molecule has 0 aliphatic carbocycles. The van der Waals surface area contributed by atoms with Crippen molar-refractivity contribution in [3.63, 3.8) is 0 Å². The minimum atomic E-state index is -0.460. The Labute approximate surface area is 115 Å². The Morgan fingerprint density at radius 2 is 1.95 bits per heavy atom. The van der Waals surface area contributed by atoms with Crippen molar-refractivity contribution in [3.8, 4) is 5.75 Å². The number of rotatable bonds is 4. The Morgan fingerprint density at radius 1 is 1.25 bits per heavy atom. The van der Waals surface area contributed by atoms with Gasteiger partial charge in [0, 0.05) is 26.2 Å². The summed E-state index contributed by atoms with van der Waals surface area (Å²) in [5.74, 6) is 0.849. The Balaban J connectivity index is 2.28. The van der Waals surface area contributed by atoms with Crippen molar-refractivity contribution < 1.29 is 4.74 Å². The molecule has 0 saturated carbocycles. The summed E-state index contributed by atoms with van der Waals surface area (Å²) in [6.45, 7) is 0.379. The lowest BCUT2D eigenvalue weighted by atomic mass is 10.2. The first-order valence-electron chi connectivity index (χ1n) is 6.04. The van der Waals surface area contributed by atoms with Gasteiger partial charge in [-0.25, -0.2) is 9.48 Å². The maximum absolute atomic E-state index is 11.9. The molecule has 7 heteroatoms. The summed E-state index contributed by atoms with van der Waals surface area (Å²) in [6, 6.07) is 7.47. The summed E-state index contributed by atoms with van der Waals surface area (Å²) in [5, 5.41) is 6.85. The van der Waals surface area contributed by atoms with Gasteiger partial charge in [0.1, 0.15) is 5.75 Å². The van der Waals surface area contributed by atoms with Crippen molar-refractivity contribution in [2.45, 2.75) is 6.54 Å². The maximum Gasteiger partial charge on any atom is 0.346 e. The van der Waals surface area contributed by atoms with Gasteiger partial charge in [-0.2, -0.15) is 0 Å². The highest BCUT2D eigenvalue weighted by molar-refractivity contribution is 5.38. The summed E-state index contributed by atoms with van der Waals surface area (Å²) in [6.07, 6.45) is 0. The van der Waals surface area contributed by atoms with Crippen LogP contribution in [0.4, 0.5) is 5.82 Å². The number of benzene rings is 1. The van der Waals surface area contributed by atoms with Crippen LogP contribution in [0.25, 0.3) is 0 Å². The Bertz CT molecular complexity index is 733. The van der Waals surface area contributed by atoms with E-state index in [-0.39, 0.29) is 5.82 Å². The van der Waals surface area contributed by atoms with Crippen LogP contribution in [-0.4, -0.2) is 21.5 Å². The van der Waals surface area contributed by atoms with Crippen molar-refractivity contribution >= 4 is 5.82 Å². The van der Waals surface area contributed by atoms with Gasteiger partial charge in [0.15, 0.2) is 0 Å². The summed E-state index contributed by atoms with van der Waals surface area (Å²) >= 11 is 0. The van der Waals surface area contributed by atoms with Gasteiger partial charge in [0.05, 0.1) is 7.11 Å². The third kappa shape index (κ3) is 2.56. The third-order valence-electron chi connectivity index (χ3n) is 2.96. The second-order valence-electron chi connectivity index (χ2n) is 4.28. The lowest BCUT2D eigenvalue weighted by Gasteiger charge is -2.10. The highest BCUT2D eigenvalue weighted by Gasteiger charge is 2.09. The second-order valence-corrected chi connectivity index (χ2v) is 4.28. The fraction of sp³-hybridized carbons (Fsp3) is 0.308. The Hall–Kier alpha value is -2.57. The molecule has 0 amide bonds. The number of anilines is 1. The van der Waals surface area contributed by atoms with E-state index in [0.29, 0.717) is 6.54 Å². The van der Waals surface area contributed by atoms with Gasteiger partial charge in [0.25, 0.3) is 5.56 Å². The number of ether oxygens (including phenoxy) is 1. The van der Waals surface area contributed by atoms with E-state index < -0.39 is 11.2 Å². The normalized spacial score (nSPS) is 10.3. The van der Waals surface area contributed by atoms with Crippen LogP contribution in [0.3, 0.4) is 0 Å². The molecule has 106 valence electrons. The number of aromatic nitrogens is 3. The standard InChI is InChI=1S/C13H16N4O3/c1-16-12(18)11(15-17(2)13(16)19)14-8-9-6-4-5-7-10(9)20-3/h4-7H,8H2,1-3H3,(H,14,15). The first-order valence-corrected chi connectivity index (χ1v) is 6.04. The van der Waals surface area contributed by atoms with Gasteiger partial charge in [-0.3, -0.25) is 9.36 Å². The van der Waals surface area contributed by atoms with Crippen LogP contribution in [0.5, 0.6) is 5.75 Å². The summed E-state index contributed by atoms with van der Waals surface area (Å²) in [7, 11) is 4.50. The van der Waals surface area contributed by atoms with E-state index in [0.717, 1.165) is 20.6 Å². The zero-order valence-electron chi connectivity index (χ0n) is 11.6. The highest BCUT2D eigenvalue weighted by atomic mass is 16.5. The second kappa shape index (κ2) is 5.60. The molecule has 2 aromatic rings. The van der Waals surface area contributed by atoms with Crippen LogP contribution in [0.15, 0.2) is 33.9 Å². The molecule has 1 N–H and O–H groups in total. The largest absolute Gasteiger partial charge is 0.496 e. The van der Waals surface area contributed by atoms with Gasteiger partial charge in [-0.15, -0.1) is 5.10 Å². The summed E-state index contributed by atoms with van der Waals surface area (Å²) in [5.41, 5.74) is -0.0199. The van der Waals surface area contributed by atoms with Crippen molar-refractivity contribution in [1.29, 1.82) is 0 Å². The molecule has 0 bridgehead atoms. The quantitative estimate of drug-likeness (QED) is 0.857. The molecule has 0 spiro atoms. The first-order chi connectivity index (χ1) is 9.54. The fourth-order valence-electron chi connectivity index (χ4n) is 1.84. The van der Waals surface area contributed by atoms with Gasteiger partial charge in [-0.05, 0) is 6.07 Å². The maximum atomic E-state index is 11.9. The first kappa shape index (κ1) is 13.9. The molecular weight excluding hydrogens is 260 g/mol. The number of nitrogens with one attached hydrogen (secondary N) is 1. The van der Waals surface area contributed by atoms with E-state index in [1.54, 1.807) is 7.11 Å². The molecule has 1 aromatic carbocycles. The molecule has 0 atom stereocenters. The molecular formula is C13H16N4O3. The topological polar surface area (TPSA) is 78.2 Å². The van der Waals surface area contributed by atoms with Crippen LogP contribution < -0.4 is 21.3 Å². The molecule has 1 heterocycles. The van der Waals surface area contributed by atoms with Gasteiger partial charge in [-0.1, -0.05) is 18.2 Å². The van der Waals surface area contributed by atoms with E-state index in [2.05, 4.69) is 10.4 Å². The molecule has 1 aromatic heterocycles. The Kier molecular flexibility index (Phi) is 3.88. The monoisotopic (exact) mass is 276 g/mol. The van der Waals surface area contributed by atoms with E-state index in [4.69, 9.17) is 4.74 Å². The highest BCUT2D eigenvalue weighted by Crippen LogP contribution is 2.17. The molecule has 0 radical (unpaired) electrons. The summed E-state index contributed by atoms with van der Waals surface area (Å²) < 4.78 is 7.36. The number of hydrogen-bond acceptors (Lipinski definition) is 5. The van der Waals surface area contributed by atoms with Gasteiger partial charge >= 0.3 is 5.69 Å². The lowest BCUT2D eigenvalue weighted by Crippen LogP contribution is -2.39. The molecule has 0 unspecified atom stereocenters. The predicted molar refractivity (Wildman–Crippen MR) is 75.0 cm³/mol. The van der Waals surface area contributed by atoms with Gasteiger partial charge < -0.3 is 10.1 Å². The average molecular weight is 276 g/mol. The van der Waals surface area contributed by atoms with E-state index in [9.17, 15) is 9.59 Å². The van der Waals surface area contributed by atoms with E-state index in [1.807, 2.05) is 24.3 Å². The van der Waals surface area contributed by atoms with Crippen molar-refractivity contribution in [1.82, 2.24) is 14.3 Å². The lowest BCUT2D eigenvalue weighted by molar-refractivity contribution is 0.410. The zero-order chi connectivity index (χ0) is 14.7. The van der Waals surface area contributed by atoms with Crippen molar-refractivity contribution in [3.05, 3.63) is 50.7 Å². The van der Waals surface area contributed by atoms with Crippen LogP contribution in [0.1, 0.15) is 5.56 Å². The van der Waals surface area contributed by atoms with E-state index >= 15 is 0 Å². The number of methoxy groups -OCH3 is 1. The number of para-hydroxylation sites is 1. The van der Waals surface area contributed by atoms with Crippen molar-refractivity contribution in [2.24, 2.45) is 14.1 Å². The fourth-order valence-corrected chi connectivity index (χ4v) is 1.84. The third-order valence-corrected chi connectivity index (χ3v) is 2.96. The molecule has 0 fully saturated rings. The molecule has 7 nitrogen and oxygen atoms in total. The Morgan fingerprint density at radius 3 is 2.65 bits per heavy atom. The van der Waals surface area contributed by atoms with Crippen molar-refractivity contribution in [2.75, 3.05) is 12.4 Å². The number of aryl methyl sites for hydroxylation is 1. The summed E-state index contributed by atoms with van der Waals surface area (Å²) in [4.78, 5) is 23.4. The molecule has 2 rings (SSSR count). The number of nitrogens with zero attached hydrogens (tertiary/aromatic N) is 3. The van der Waals surface area contributed by atoms with E-state index in [1.165, 1.54) is 14.1 Å². The molecule has 0 aliphatic rings. The zero-order valence-corrected chi connectivity index (χ0v) is 11.6. The molecule has 0 saturated heterocycles. The predicted octanol–water partition coefficient (Wildman–Crippen LogP) is 0.0997. The average Bonchev–Trinajstić information content (AvgIpc) is 2.47. The van der Waals surface area contributed by atoms with Crippen LogP contribution in [-0.2, 0) is 20.6 Å². The van der Waals surface area contributed by atoms with Gasteiger partial charge in [0.2, 0.25) is 5.82 Å². The van der Waals surface area contributed by atoms with Crippen LogP contribution in [0, 0.1) is 0 Å². The smallest absolute Gasteiger partial charge is 0.346 e. The minimum Gasteiger partial charge on any atom is -0.496 e. The minimum absolute atomic E-state index is 0.125. The molecule has 0 aliphatic heterocycles. The number of hydrogen-bond donors (Lipinski definition) is 1. The molecule has 20 heavy (non-hydrogen) atoms. The van der Waals surface area contributed by atoms with Crippen LogP contribution in [0.2, 0.25) is 0 Å². The SMILES string of the molecule is COc1ccccc1CNc1nn(C)c(=O)n(C)c1=O. The van der Waals surface area contributed by atoms with Crippen LogP contribution >= 0.6 is 0 Å².